The number of rotatable bonds is 19. The Hall–Kier alpha value is -5.53. The van der Waals surface area contributed by atoms with E-state index in [2.05, 4.69) is 44.8 Å². The topological polar surface area (TPSA) is 156 Å². The molecular weight excluding hydrogens is 759 g/mol. The number of phenolic OH excluding ortho intramolecular Hbond substituents is 1. The van der Waals surface area contributed by atoms with E-state index < -0.39 is 6.10 Å². The van der Waals surface area contributed by atoms with Crippen LogP contribution < -0.4 is 16.2 Å². The number of aliphatic hydroxyl groups excluding tert-OH is 1. The summed E-state index contributed by atoms with van der Waals surface area (Å²) in [5, 5.41) is 27.7. The molecule has 7 rings (SSSR count). The van der Waals surface area contributed by atoms with Crippen LogP contribution in [0.25, 0.3) is 22.0 Å². The summed E-state index contributed by atoms with van der Waals surface area (Å²) in [6, 6.07) is 32.7. The summed E-state index contributed by atoms with van der Waals surface area (Å²) in [6.07, 6.45) is 2.60. The number of anilines is 1. The first-order chi connectivity index (χ1) is 29.2. The van der Waals surface area contributed by atoms with Crippen LogP contribution >= 0.6 is 0 Å². The van der Waals surface area contributed by atoms with Crippen LogP contribution in [0.15, 0.2) is 108 Å². The Bertz CT molecular complexity index is 2230. The number of nitrogens with one attached hydrogen (secondary N) is 3. The number of likely N-dealkylation sites (N-methyl/N-ethyl adjacent to an activating group) is 1. The second-order valence-corrected chi connectivity index (χ2v) is 16.0. The molecule has 12 heteroatoms. The van der Waals surface area contributed by atoms with E-state index in [0.29, 0.717) is 67.6 Å². The van der Waals surface area contributed by atoms with E-state index >= 15 is 0 Å². The highest BCUT2D eigenvalue weighted by Gasteiger charge is 2.42. The van der Waals surface area contributed by atoms with E-state index in [1.807, 2.05) is 61.5 Å². The van der Waals surface area contributed by atoms with Gasteiger partial charge in [-0.05, 0) is 84.9 Å². The number of ether oxygens (including phenoxy) is 2. The van der Waals surface area contributed by atoms with Crippen LogP contribution in [0.2, 0.25) is 0 Å². The van der Waals surface area contributed by atoms with E-state index in [-0.39, 0.29) is 36.0 Å². The summed E-state index contributed by atoms with van der Waals surface area (Å²) in [6.45, 7) is 7.78. The van der Waals surface area contributed by atoms with E-state index in [0.717, 1.165) is 62.1 Å². The molecule has 4 atom stereocenters. The van der Waals surface area contributed by atoms with Crippen LogP contribution in [0.1, 0.15) is 49.0 Å². The number of H-pyrrole nitrogens is 1. The van der Waals surface area contributed by atoms with Crippen molar-refractivity contribution in [2.45, 2.75) is 51.2 Å². The third kappa shape index (κ3) is 11.2. The van der Waals surface area contributed by atoms with Crippen LogP contribution in [0.4, 0.5) is 10.5 Å². The summed E-state index contributed by atoms with van der Waals surface area (Å²) < 4.78 is 11.8. The first-order valence-corrected chi connectivity index (χ1v) is 21.3. The molecule has 0 radical (unpaired) electrons. The molecule has 1 aliphatic carbocycles. The summed E-state index contributed by atoms with van der Waals surface area (Å²) in [7, 11) is 0. The maximum atomic E-state index is 12.9. The van der Waals surface area contributed by atoms with Crippen molar-refractivity contribution >= 4 is 28.6 Å². The fourth-order valence-electron chi connectivity index (χ4n) is 8.71. The standard InChI is InChI=1S/C48H57N5O7/c1-2-53(25-23-49-30-44(55)40-16-18-43(54)47-41(40)17-19-45(56)51-47)46(57)22-27-59-26-21-34-14-12-33(13-15-34)20-24-52-31-36-28-38(29-37(36)32-52)60-48(58)50-42-11-7-6-10-39(42)35-8-4-3-5-9-35/h3-19,36-38,44,49,54-55H,2,20-32H2,1H3,(H,50,58)(H,51,56)/t36-,37+,38-,44-/m0/s1. The maximum absolute atomic E-state index is 12.9. The summed E-state index contributed by atoms with van der Waals surface area (Å²) >= 11 is 0. The van der Waals surface area contributed by atoms with Gasteiger partial charge in [0.25, 0.3) is 0 Å². The Kier molecular flexibility index (Phi) is 14.6. The minimum Gasteiger partial charge on any atom is -0.506 e. The highest BCUT2D eigenvalue weighted by Crippen LogP contribution is 2.40. The van der Waals surface area contributed by atoms with Gasteiger partial charge in [-0.25, -0.2) is 4.79 Å². The van der Waals surface area contributed by atoms with Gasteiger partial charge in [-0.3, -0.25) is 14.9 Å². The van der Waals surface area contributed by atoms with Crippen molar-refractivity contribution in [3.63, 3.8) is 0 Å². The molecule has 5 aromatic rings. The molecule has 12 nitrogen and oxygen atoms in total. The molecule has 0 unspecified atom stereocenters. The summed E-state index contributed by atoms with van der Waals surface area (Å²) in [5.41, 5.74) is 5.86. The van der Waals surface area contributed by atoms with Gasteiger partial charge in [-0.2, -0.15) is 0 Å². The Morgan fingerprint density at radius 2 is 1.60 bits per heavy atom. The fourth-order valence-corrected chi connectivity index (χ4v) is 8.71. The number of nitrogens with zero attached hydrogens (tertiary/aromatic N) is 2. The van der Waals surface area contributed by atoms with Crippen molar-refractivity contribution in [2.24, 2.45) is 11.8 Å². The lowest BCUT2D eigenvalue weighted by Crippen LogP contribution is -2.38. The lowest BCUT2D eigenvalue weighted by molar-refractivity contribution is -0.132. The van der Waals surface area contributed by atoms with Gasteiger partial charge in [0.1, 0.15) is 11.9 Å². The highest BCUT2D eigenvalue weighted by molar-refractivity contribution is 5.91. The van der Waals surface area contributed by atoms with Crippen LogP contribution in [0, 0.1) is 11.8 Å². The Morgan fingerprint density at radius 1 is 0.883 bits per heavy atom. The number of fused-ring (bicyclic) bond motifs is 2. The number of aromatic amines is 1. The van der Waals surface area contributed by atoms with E-state index in [1.54, 1.807) is 17.0 Å². The molecule has 4 aromatic carbocycles. The van der Waals surface area contributed by atoms with Crippen molar-refractivity contribution in [3.8, 4) is 16.9 Å². The largest absolute Gasteiger partial charge is 0.506 e. The number of phenols is 1. The summed E-state index contributed by atoms with van der Waals surface area (Å²) in [5.74, 6) is 1.08. The normalized spacial score (nSPS) is 18.0. The fraction of sp³-hybridized carbons (Fsp3) is 0.396. The van der Waals surface area contributed by atoms with Gasteiger partial charge in [-0.1, -0.05) is 78.9 Å². The second kappa shape index (κ2) is 20.6. The smallest absolute Gasteiger partial charge is 0.411 e. The number of pyridine rings is 1. The Balaban J connectivity index is 0.740. The number of aliphatic hydroxyl groups is 1. The molecule has 60 heavy (non-hydrogen) atoms. The van der Waals surface area contributed by atoms with Crippen molar-refractivity contribution in [2.75, 3.05) is 64.3 Å². The van der Waals surface area contributed by atoms with Gasteiger partial charge in [0.05, 0.1) is 36.9 Å². The van der Waals surface area contributed by atoms with Gasteiger partial charge in [0.2, 0.25) is 11.5 Å². The molecule has 2 heterocycles. The molecule has 2 amide bonds. The van der Waals surface area contributed by atoms with Crippen LogP contribution in [-0.4, -0.2) is 102 Å². The van der Waals surface area contributed by atoms with Crippen molar-refractivity contribution in [1.29, 1.82) is 0 Å². The molecule has 2 aliphatic rings. The number of amides is 2. The van der Waals surface area contributed by atoms with Crippen molar-refractivity contribution in [1.82, 2.24) is 20.1 Å². The highest BCUT2D eigenvalue weighted by atomic mass is 16.6. The lowest BCUT2D eigenvalue weighted by atomic mass is 10.0. The third-order valence-electron chi connectivity index (χ3n) is 11.9. The number of para-hydroxylation sites is 1. The van der Waals surface area contributed by atoms with Gasteiger partial charge in [0.15, 0.2) is 0 Å². The minimum absolute atomic E-state index is 0.0245. The van der Waals surface area contributed by atoms with Crippen LogP contribution in [0.5, 0.6) is 5.75 Å². The predicted octanol–water partition coefficient (Wildman–Crippen LogP) is 6.52. The van der Waals surface area contributed by atoms with Gasteiger partial charge >= 0.3 is 6.09 Å². The molecule has 0 spiro atoms. The molecule has 316 valence electrons. The first-order valence-electron chi connectivity index (χ1n) is 21.3. The average Bonchev–Trinajstić information content (AvgIpc) is 3.82. The predicted molar refractivity (Wildman–Crippen MR) is 234 cm³/mol. The van der Waals surface area contributed by atoms with Crippen LogP contribution in [-0.2, 0) is 27.1 Å². The van der Waals surface area contributed by atoms with Crippen molar-refractivity contribution < 1.29 is 29.3 Å². The lowest BCUT2D eigenvalue weighted by Gasteiger charge is -2.22. The van der Waals surface area contributed by atoms with Gasteiger partial charge in [0, 0.05) is 62.8 Å². The number of aromatic hydroxyl groups is 1. The zero-order chi connectivity index (χ0) is 41.8. The van der Waals surface area contributed by atoms with Crippen molar-refractivity contribution in [3.05, 3.63) is 130 Å². The number of hydrogen-bond donors (Lipinski definition) is 5. The third-order valence-corrected chi connectivity index (χ3v) is 11.9. The second-order valence-electron chi connectivity index (χ2n) is 16.0. The zero-order valence-corrected chi connectivity index (χ0v) is 34.4. The number of benzene rings is 4. The number of likely N-dealkylation sites (tertiary alicyclic amines) is 1. The molecule has 1 saturated carbocycles. The molecule has 1 aliphatic heterocycles. The number of aromatic nitrogens is 1. The first kappa shape index (κ1) is 42.6. The van der Waals surface area contributed by atoms with Gasteiger partial charge in [-0.15, -0.1) is 0 Å². The zero-order valence-electron chi connectivity index (χ0n) is 34.4. The molecule has 1 aromatic heterocycles. The Morgan fingerprint density at radius 3 is 2.35 bits per heavy atom. The quantitative estimate of drug-likeness (QED) is 0.0586. The minimum atomic E-state index is -0.861. The monoisotopic (exact) mass is 815 g/mol. The average molecular weight is 816 g/mol. The molecular formula is C48H57N5O7. The molecule has 2 fully saturated rings. The van der Waals surface area contributed by atoms with Crippen LogP contribution in [0.3, 0.4) is 0 Å². The SMILES string of the molecule is CCN(CCNC[C@H](O)c1ccc(O)c2[nH]c(=O)ccc12)C(=O)CCOCCc1ccc(CCN2C[C@H]3C[C@@H](OC(=O)Nc4ccccc4-c4ccccc4)C[C@H]3C2)cc1. The van der Waals surface area contributed by atoms with E-state index in [1.165, 1.54) is 23.3 Å². The van der Waals surface area contributed by atoms with E-state index in [9.17, 15) is 24.6 Å². The molecule has 1 saturated heterocycles. The Labute approximate surface area is 351 Å². The number of hydrogen-bond acceptors (Lipinski definition) is 9. The molecule has 0 bridgehead atoms. The maximum Gasteiger partial charge on any atom is 0.411 e. The summed E-state index contributed by atoms with van der Waals surface area (Å²) in [4.78, 5) is 44.4. The van der Waals surface area contributed by atoms with Gasteiger partial charge < -0.3 is 39.8 Å². The number of carbonyl (C=O) groups is 2. The van der Waals surface area contributed by atoms with E-state index in [4.69, 9.17) is 9.47 Å². The molecule has 5 N–H and O–H groups in total. The number of carbonyl (C=O) groups excluding carboxylic acids is 2.